The topological polar surface area (TPSA) is 18.5 Å². The van der Waals surface area contributed by atoms with Gasteiger partial charge < -0.3 is 9.31 Å². The van der Waals surface area contributed by atoms with E-state index in [1.807, 2.05) is 5.98 Å². The molecule has 0 aliphatic carbocycles. The van der Waals surface area contributed by atoms with Crippen molar-refractivity contribution in [2.75, 3.05) is 0 Å². The zero-order valence-corrected chi connectivity index (χ0v) is 11.9. The van der Waals surface area contributed by atoms with Crippen LogP contribution in [0.1, 0.15) is 37.4 Å². The molecule has 1 saturated heterocycles. The minimum atomic E-state index is -0.257. The summed E-state index contributed by atoms with van der Waals surface area (Å²) in [4.78, 5) is 2.55. The van der Waals surface area contributed by atoms with Gasteiger partial charge in [0, 0.05) is 9.75 Å². The predicted molar refractivity (Wildman–Crippen MR) is 74.2 cm³/mol. The van der Waals surface area contributed by atoms with E-state index in [1.54, 1.807) is 11.3 Å². The number of thiophene rings is 1. The van der Waals surface area contributed by atoms with Gasteiger partial charge in [-0.1, -0.05) is 12.1 Å². The van der Waals surface area contributed by atoms with Crippen LogP contribution in [0.2, 0.25) is 0 Å². The molecule has 0 aromatic carbocycles. The smallest absolute Gasteiger partial charge is 0.400 e. The number of rotatable bonds is 2. The molecular weight excluding hydrogens is 231 g/mol. The van der Waals surface area contributed by atoms with Crippen LogP contribution in [0.4, 0.5) is 0 Å². The van der Waals surface area contributed by atoms with Crippen molar-refractivity contribution in [2.45, 2.75) is 45.8 Å². The van der Waals surface area contributed by atoms with Crippen molar-refractivity contribution in [3.05, 3.63) is 27.9 Å². The lowest BCUT2D eigenvalue weighted by atomic mass is 9.90. The highest BCUT2D eigenvalue weighted by molar-refractivity contribution is 7.12. The molecular formula is C13H19BO2S. The van der Waals surface area contributed by atoms with Crippen LogP contribution in [0.25, 0.3) is 6.08 Å². The van der Waals surface area contributed by atoms with Crippen LogP contribution >= 0.6 is 11.3 Å². The number of hydrogen-bond donors (Lipinski definition) is 0. The molecule has 0 bridgehead atoms. The van der Waals surface area contributed by atoms with Crippen molar-refractivity contribution in [1.29, 1.82) is 0 Å². The van der Waals surface area contributed by atoms with Crippen molar-refractivity contribution in [1.82, 2.24) is 0 Å². The lowest BCUT2D eigenvalue weighted by Gasteiger charge is -2.32. The quantitative estimate of drug-likeness (QED) is 0.745. The molecule has 2 nitrogen and oxygen atoms in total. The van der Waals surface area contributed by atoms with Crippen LogP contribution in [-0.2, 0) is 9.31 Å². The third-order valence-electron chi connectivity index (χ3n) is 3.45. The Balaban J connectivity index is 2.05. The van der Waals surface area contributed by atoms with Gasteiger partial charge in [0.15, 0.2) is 0 Å². The molecule has 1 aromatic rings. The summed E-state index contributed by atoms with van der Waals surface area (Å²) in [6.45, 7) is 10.4. The standard InChI is InChI=1S/C13H19BO2S/c1-10-6-7-11(17-10)8-9-14-15-12(2,3)13(4,5)16-14/h6-9H,1-5H3. The van der Waals surface area contributed by atoms with Gasteiger partial charge in [0.1, 0.15) is 0 Å². The molecule has 0 unspecified atom stereocenters. The Kier molecular flexibility index (Phi) is 3.23. The van der Waals surface area contributed by atoms with E-state index in [4.69, 9.17) is 9.31 Å². The number of aryl methyl sites for hydroxylation is 1. The SMILES string of the molecule is Cc1ccc(C=CB2OC(C)(C)C(C)(C)O2)s1. The molecule has 0 atom stereocenters. The van der Waals surface area contributed by atoms with Gasteiger partial charge in [-0.25, -0.2) is 0 Å². The molecule has 1 aliphatic rings. The van der Waals surface area contributed by atoms with Gasteiger partial charge in [0.2, 0.25) is 0 Å². The van der Waals surface area contributed by atoms with E-state index in [0.717, 1.165) is 0 Å². The molecule has 92 valence electrons. The van der Waals surface area contributed by atoms with Crippen LogP contribution in [0, 0.1) is 6.92 Å². The summed E-state index contributed by atoms with van der Waals surface area (Å²) < 4.78 is 11.8. The fourth-order valence-electron chi connectivity index (χ4n) is 1.68. The lowest BCUT2D eigenvalue weighted by molar-refractivity contribution is 0.00578. The van der Waals surface area contributed by atoms with Crippen molar-refractivity contribution >= 4 is 24.5 Å². The average Bonchev–Trinajstić information content (AvgIpc) is 2.67. The molecule has 0 radical (unpaired) electrons. The Morgan fingerprint density at radius 3 is 2.18 bits per heavy atom. The molecule has 0 saturated carbocycles. The Morgan fingerprint density at radius 1 is 1.12 bits per heavy atom. The Labute approximate surface area is 108 Å². The molecule has 1 aliphatic heterocycles. The van der Waals surface area contributed by atoms with E-state index >= 15 is 0 Å². The maximum atomic E-state index is 5.89. The lowest BCUT2D eigenvalue weighted by Crippen LogP contribution is -2.41. The second-order valence-corrected chi connectivity index (χ2v) is 6.75. The van der Waals surface area contributed by atoms with E-state index < -0.39 is 0 Å². The summed E-state index contributed by atoms with van der Waals surface area (Å²) in [5.74, 6) is 1.99. The first kappa shape index (κ1) is 12.9. The van der Waals surface area contributed by atoms with Gasteiger partial charge in [-0.05, 0) is 46.8 Å². The second-order valence-electron chi connectivity index (χ2n) is 5.43. The van der Waals surface area contributed by atoms with E-state index in [1.165, 1.54) is 9.75 Å². The van der Waals surface area contributed by atoms with Crippen molar-refractivity contribution < 1.29 is 9.31 Å². The fraction of sp³-hybridized carbons (Fsp3) is 0.538. The van der Waals surface area contributed by atoms with Crippen LogP contribution in [0.3, 0.4) is 0 Å². The maximum absolute atomic E-state index is 5.89. The van der Waals surface area contributed by atoms with Crippen molar-refractivity contribution in [3.8, 4) is 0 Å². The van der Waals surface area contributed by atoms with Crippen LogP contribution < -0.4 is 0 Å². The monoisotopic (exact) mass is 250 g/mol. The molecule has 2 rings (SSSR count). The Bertz CT molecular complexity index is 418. The molecule has 0 spiro atoms. The fourth-order valence-corrected chi connectivity index (χ4v) is 2.47. The van der Waals surface area contributed by atoms with Gasteiger partial charge in [-0.15, -0.1) is 11.3 Å². The van der Waals surface area contributed by atoms with Gasteiger partial charge in [-0.2, -0.15) is 0 Å². The average molecular weight is 250 g/mol. The zero-order valence-electron chi connectivity index (χ0n) is 11.1. The molecule has 1 fully saturated rings. The minimum absolute atomic E-state index is 0.248. The summed E-state index contributed by atoms with van der Waals surface area (Å²) in [5.41, 5.74) is -0.513. The van der Waals surface area contributed by atoms with E-state index in [0.29, 0.717) is 0 Å². The molecule has 17 heavy (non-hydrogen) atoms. The summed E-state index contributed by atoms with van der Waals surface area (Å²) in [6, 6.07) is 4.23. The Morgan fingerprint density at radius 2 is 1.71 bits per heavy atom. The highest BCUT2D eigenvalue weighted by Crippen LogP contribution is 2.37. The van der Waals surface area contributed by atoms with E-state index in [9.17, 15) is 0 Å². The van der Waals surface area contributed by atoms with Crippen LogP contribution in [0.5, 0.6) is 0 Å². The maximum Gasteiger partial charge on any atom is 0.487 e. The van der Waals surface area contributed by atoms with Crippen molar-refractivity contribution in [2.24, 2.45) is 0 Å². The number of hydrogen-bond acceptors (Lipinski definition) is 3. The summed E-state index contributed by atoms with van der Waals surface area (Å²) in [7, 11) is -0.248. The predicted octanol–water partition coefficient (Wildman–Crippen LogP) is 3.70. The van der Waals surface area contributed by atoms with Gasteiger partial charge >= 0.3 is 7.12 Å². The van der Waals surface area contributed by atoms with Crippen molar-refractivity contribution in [3.63, 3.8) is 0 Å². The van der Waals surface area contributed by atoms with Gasteiger partial charge in [-0.3, -0.25) is 0 Å². The molecule has 1 aromatic heterocycles. The summed E-state index contributed by atoms with van der Waals surface area (Å²) >= 11 is 1.77. The van der Waals surface area contributed by atoms with Crippen LogP contribution in [-0.4, -0.2) is 18.3 Å². The molecule has 0 amide bonds. The van der Waals surface area contributed by atoms with Gasteiger partial charge in [0.05, 0.1) is 11.2 Å². The molecule has 2 heterocycles. The molecule has 4 heteroatoms. The normalized spacial score (nSPS) is 22.5. The summed E-state index contributed by atoms with van der Waals surface area (Å²) in [6.07, 6.45) is 2.07. The van der Waals surface area contributed by atoms with Gasteiger partial charge in [0.25, 0.3) is 0 Å². The summed E-state index contributed by atoms with van der Waals surface area (Å²) in [5, 5.41) is 0. The largest absolute Gasteiger partial charge is 0.487 e. The zero-order chi connectivity index (χ0) is 12.7. The highest BCUT2D eigenvalue weighted by Gasteiger charge is 2.49. The molecule has 0 N–H and O–H groups in total. The first-order chi connectivity index (χ1) is 7.80. The van der Waals surface area contributed by atoms with Crippen LogP contribution in [0.15, 0.2) is 18.1 Å². The first-order valence-corrected chi connectivity index (χ1v) is 6.72. The van der Waals surface area contributed by atoms with E-state index in [2.05, 4.69) is 52.8 Å². The minimum Gasteiger partial charge on any atom is -0.400 e. The highest BCUT2D eigenvalue weighted by atomic mass is 32.1. The Hall–Kier alpha value is -0.575. The van der Waals surface area contributed by atoms with E-state index in [-0.39, 0.29) is 18.3 Å². The third kappa shape index (κ3) is 2.64. The third-order valence-corrected chi connectivity index (χ3v) is 4.42. The second kappa shape index (κ2) is 4.27. The first-order valence-electron chi connectivity index (χ1n) is 5.90.